The Labute approximate surface area is 104 Å². The largest absolute Gasteiger partial charge is 0.477 e. The molecular formula is C12H13ClN2O2. The van der Waals surface area contributed by atoms with Crippen LogP contribution in [0.1, 0.15) is 16.1 Å². The highest BCUT2D eigenvalue weighted by atomic mass is 35.5. The van der Waals surface area contributed by atoms with Gasteiger partial charge in [-0.1, -0.05) is 17.7 Å². The van der Waals surface area contributed by atoms with Crippen molar-refractivity contribution in [3.05, 3.63) is 34.5 Å². The summed E-state index contributed by atoms with van der Waals surface area (Å²) in [5.41, 5.74) is 1.77. The SMILES string of the molecule is CN(C)Cc1c(C(=O)O)[nH]c2cc(Cl)ccc12. The molecule has 2 N–H and O–H groups in total. The summed E-state index contributed by atoms with van der Waals surface area (Å²) >= 11 is 5.89. The van der Waals surface area contributed by atoms with E-state index in [2.05, 4.69) is 4.98 Å². The van der Waals surface area contributed by atoms with Crippen LogP contribution in [0.15, 0.2) is 18.2 Å². The van der Waals surface area contributed by atoms with E-state index < -0.39 is 5.97 Å². The number of carbonyl (C=O) groups is 1. The molecule has 0 spiro atoms. The van der Waals surface area contributed by atoms with Crippen LogP contribution in [0, 0.1) is 0 Å². The second-order valence-electron chi connectivity index (χ2n) is 4.21. The first-order valence-corrected chi connectivity index (χ1v) is 5.55. The Morgan fingerprint density at radius 2 is 2.18 bits per heavy atom. The van der Waals surface area contributed by atoms with Gasteiger partial charge in [-0.05, 0) is 26.2 Å². The highest BCUT2D eigenvalue weighted by molar-refractivity contribution is 6.31. The number of nitrogens with one attached hydrogen (secondary N) is 1. The van der Waals surface area contributed by atoms with Gasteiger partial charge < -0.3 is 15.0 Å². The molecule has 4 nitrogen and oxygen atoms in total. The second kappa shape index (κ2) is 4.39. The van der Waals surface area contributed by atoms with Crippen molar-refractivity contribution in [2.45, 2.75) is 6.54 Å². The normalized spacial score (nSPS) is 11.3. The summed E-state index contributed by atoms with van der Waals surface area (Å²) in [5.74, 6) is -0.950. The fourth-order valence-electron chi connectivity index (χ4n) is 1.89. The number of fused-ring (bicyclic) bond motifs is 1. The molecule has 0 saturated carbocycles. The Balaban J connectivity index is 2.66. The van der Waals surface area contributed by atoms with Crippen molar-refractivity contribution in [2.24, 2.45) is 0 Å². The van der Waals surface area contributed by atoms with Crippen molar-refractivity contribution in [2.75, 3.05) is 14.1 Å². The maximum atomic E-state index is 11.2. The Kier molecular flexibility index (Phi) is 3.09. The van der Waals surface area contributed by atoms with Gasteiger partial charge >= 0.3 is 5.97 Å². The van der Waals surface area contributed by atoms with Crippen molar-refractivity contribution in [3.8, 4) is 0 Å². The van der Waals surface area contributed by atoms with Gasteiger partial charge in [-0.2, -0.15) is 0 Å². The molecule has 0 amide bonds. The molecule has 1 heterocycles. The summed E-state index contributed by atoms with van der Waals surface area (Å²) in [6.07, 6.45) is 0. The Hall–Kier alpha value is -1.52. The molecule has 0 aliphatic carbocycles. The van der Waals surface area contributed by atoms with Crippen molar-refractivity contribution in [1.29, 1.82) is 0 Å². The van der Waals surface area contributed by atoms with Crippen LogP contribution in [0.25, 0.3) is 10.9 Å². The molecule has 0 radical (unpaired) electrons. The molecule has 0 saturated heterocycles. The van der Waals surface area contributed by atoms with E-state index in [1.807, 2.05) is 25.1 Å². The van der Waals surface area contributed by atoms with Gasteiger partial charge in [0, 0.05) is 28.0 Å². The first-order chi connectivity index (χ1) is 7.99. The predicted octanol–water partition coefficient (Wildman–Crippen LogP) is 2.58. The third kappa shape index (κ3) is 2.28. The van der Waals surface area contributed by atoms with Crippen LogP contribution in [0.4, 0.5) is 0 Å². The predicted molar refractivity (Wildman–Crippen MR) is 67.7 cm³/mol. The molecule has 0 fully saturated rings. The van der Waals surface area contributed by atoms with Crippen molar-refractivity contribution in [3.63, 3.8) is 0 Å². The van der Waals surface area contributed by atoms with E-state index in [1.165, 1.54) is 0 Å². The summed E-state index contributed by atoms with van der Waals surface area (Å²) in [5, 5.41) is 10.7. The zero-order valence-corrected chi connectivity index (χ0v) is 10.4. The Bertz CT molecular complexity index is 575. The van der Waals surface area contributed by atoms with Crippen LogP contribution in [0.5, 0.6) is 0 Å². The lowest BCUT2D eigenvalue weighted by Crippen LogP contribution is -2.13. The molecule has 2 rings (SSSR count). The topological polar surface area (TPSA) is 56.3 Å². The van der Waals surface area contributed by atoms with Crippen LogP contribution >= 0.6 is 11.6 Å². The second-order valence-corrected chi connectivity index (χ2v) is 4.65. The Morgan fingerprint density at radius 3 is 2.76 bits per heavy atom. The van der Waals surface area contributed by atoms with Gasteiger partial charge in [-0.25, -0.2) is 4.79 Å². The fraction of sp³-hybridized carbons (Fsp3) is 0.250. The van der Waals surface area contributed by atoms with Gasteiger partial charge in [-0.15, -0.1) is 0 Å². The zero-order chi connectivity index (χ0) is 12.6. The van der Waals surface area contributed by atoms with E-state index in [0.29, 0.717) is 11.6 Å². The summed E-state index contributed by atoms with van der Waals surface area (Å²) in [6, 6.07) is 5.35. The molecule has 0 aliphatic rings. The number of H-pyrrole nitrogens is 1. The number of carboxylic acids is 1. The minimum Gasteiger partial charge on any atom is -0.477 e. The molecule has 0 atom stereocenters. The number of rotatable bonds is 3. The third-order valence-electron chi connectivity index (χ3n) is 2.56. The smallest absolute Gasteiger partial charge is 0.352 e. The van der Waals surface area contributed by atoms with Crippen LogP contribution in [0.3, 0.4) is 0 Å². The van der Waals surface area contributed by atoms with Crippen molar-refractivity contribution >= 4 is 28.5 Å². The molecule has 90 valence electrons. The highest BCUT2D eigenvalue weighted by Crippen LogP contribution is 2.26. The molecule has 5 heteroatoms. The van der Waals surface area contributed by atoms with Crippen molar-refractivity contribution < 1.29 is 9.90 Å². The van der Waals surface area contributed by atoms with E-state index in [-0.39, 0.29) is 5.69 Å². The van der Waals surface area contributed by atoms with Crippen molar-refractivity contribution in [1.82, 2.24) is 9.88 Å². The van der Waals surface area contributed by atoms with E-state index in [1.54, 1.807) is 12.1 Å². The molecule has 17 heavy (non-hydrogen) atoms. The van der Waals surface area contributed by atoms with Gasteiger partial charge in [0.25, 0.3) is 0 Å². The van der Waals surface area contributed by atoms with Crippen LogP contribution in [-0.2, 0) is 6.54 Å². The number of carboxylic acid groups (broad SMARTS) is 1. The number of aromatic carboxylic acids is 1. The molecule has 1 aromatic carbocycles. The summed E-state index contributed by atoms with van der Waals surface area (Å²) in [7, 11) is 3.81. The first-order valence-electron chi connectivity index (χ1n) is 5.17. The molecule has 2 aromatic rings. The number of hydrogen-bond donors (Lipinski definition) is 2. The van der Waals surface area contributed by atoms with Gasteiger partial charge in [0.1, 0.15) is 5.69 Å². The maximum absolute atomic E-state index is 11.2. The minimum atomic E-state index is -0.950. The number of aromatic amines is 1. The van der Waals surface area contributed by atoms with Gasteiger partial charge in [0.05, 0.1) is 0 Å². The summed E-state index contributed by atoms with van der Waals surface area (Å²) in [6.45, 7) is 0.573. The average Bonchev–Trinajstić information content (AvgIpc) is 2.55. The first kappa shape index (κ1) is 12.0. The summed E-state index contributed by atoms with van der Waals surface area (Å²) < 4.78 is 0. The van der Waals surface area contributed by atoms with E-state index in [4.69, 9.17) is 16.7 Å². The van der Waals surface area contributed by atoms with Gasteiger partial charge in [0.2, 0.25) is 0 Å². The number of aromatic nitrogens is 1. The minimum absolute atomic E-state index is 0.232. The van der Waals surface area contributed by atoms with E-state index in [0.717, 1.165) is 16.5 Å². The van der Waals surface area contributed by atoms with Crippen LogP contribution in [0.2, 0.25) is 5.02 Å². The zero-order valence-electron chi connectivity index (χ0n) is 9.62. The lowest BCUT2D eigenvalue weighted by molar-refractivity contribution is 0.0689. The van der Waals surface area contributed by atoms with Gasteiger partial charge in [-0.3, -0.25) is 0 Å². The van der Waals surface area contributed by atoms with E-state index >= 15 is 0 Å². The molecule has 0 bridgehead atoms. The van der Waals surface area contributed by atoms with Crippen LogP contribution < -0.4 is 0 Å². The lowest BCUT2D eigenvalue weighted by Gasteiger charge is -2.09. The average molecular weight is 253 g/mol. The number of benzene rings is 1. The van der Waals surface area contributed by atoms with Gasteiger partial charge in [0.15, 0.2) is 0 Å². The number of nitrogens with zero attached hydrogens (tertiary/aromatic N) is 1. The molecule has 0 unspecified atom stereocenters. The lowest BCUT2D eigenvalue weighted by atomic mass is 10.1. The highest BCUT2D eigenvalue weighted by Gasteiger charge is 2.17. The quantitative estimate of drug-likeness (QED) is 0.883. The number of halogens is 1. The summed E-state index contributed by atoms with van der Waals surface area (Å²) in [4.78, 5) is 16.0. The molecule has 1 aromatic heterocycles. The fourth-order valence-corrected chi connectivity index (χ4v) is 2.06. The molecular weight excluding hydrogens is 240 g/mol. The standard InChI is InChI=1S/C12H13ClN2O2/c1-15(2)6-9-8-4-3-7(13)5-10(8)14-11(9)12(16)17/h3-5,14H,6H2,1-2H3,(H,16,17). The Morgan fingerprint density at radius 1 is 1.47 bits per heavy atom. The molecule has 0 aliphatic heterocycles. The third-order valence-corrected chi connectivity index (χ3v) is 2.79. The van der Waals surface area contributed by atoms with Crippen LogP contribution in [-0.4, -0.2) is 35.1 Å². The maximum Gasteiger partial charge on any atom is 0.352 e. The van der Waals surface area contributed by atoms with E-state index in [9.17, 15) is 4.79 Å². The monoisotopic (exact) mass is 252 g/mol. The number of hydrogen-bond acceptors (Lipinski definition) is 2.